The van der Waals surface area contributed by atoms with E-state index in [1.54, 1.807) is 0 Å². The third kappa shape index (κ3) is 4.26. The number of rotatable bonds is 6. The van der Waals surface area contributed by atoms with E-state index < -0.39 is 0 Å². The molecule has 0 aliphatic carbocycles. The number of para-hydroxylation sites is 2. The summed E-state index contributed by atoms with van der Waals surface area (Å²) in [5, 5.41) is 18.8. The number of aryl methyl sites for hydroxylation is 1. The maximum absolute atomic E-state index is 6.38. The predicted octanol–water partition coefficient (Wildman–Crippen LogP) is 11.9. The molecule has 0 aliphatic heterocycles. The molecule has 10 aromatic rings. The van der Waals surface area contributed by atoms with Gasteiger partial charge in [-0.05, 0) is 106 Å². The highest BCUT2D eigenvalue weighted by atomic mass is 16.4. The first-order valence-electron chi connectivity index (χ1n) is 16.7. The van der Waals surface area contributed by atoms with Gasteiger partial charge in [0.25, 0.3) is 0 Å². The summed E-state index contributed by atoms with van der Waals surface area (Å²) in [6, 6.07) is 53.8. The lowest BCUT2D eigenvalue weighted by Gasteiger charge is -2.25. The molecule has 0 amide bonds. The number of aromatic nitrogens is 3. The highest BCUT2D eigenvalue weighted by Crippen LogP contribution is 2.41. The molecule has 0 atom stereocenters. The van der Waals surface area contributed by atoms with Gasteiger partial charge in [0, 0.05) is 56.5 Å². The summed E-state index contributed by atoms with van der Waals surface area (Å²) >= 11 is 0. The summed E-state index contributed by atoms with van der Waals surface area (Å²) in [5.74, 6) is 1.01. The van der Waals surface area contributed by atoms with Crippen molar-refractivity contribution in [2.45, 2.75) is 13.5 Å². The van der Waals surface area contributed by atoms with Crippen molar-refractivity contribution in [3.8, 4) is 22.9 Å². The lowest BCUT2D eigenvalue weighted by Crippen LogP contribution is -2.09. The number of anilines is 3. The van der Waals surface area contributed by atoms with Crippen molar-refractivity contribution < 1.29 is 4.42 Å². The lowest BCUT2D eigenvalue weighted by molar-refractivity contribution is 0.585. The van der Waals surface area contributed by atoms with Gasteiger partial charge in [-0.1, -0.05) is 84.9 Å². The van der Waals surface area contributed by atoms with Crippen LogP contribution in [0.2, 0.25) is 0 Å². The van der Waals surface area contributed by atoms with Gasteiger partial charge >= 0.3 is 0 Å². The first-order chi connectivity index (χ1) is 24.2. The van der Waals surface area contributed by atoms with E-state index in [1.807, 2.05) is 0 Å². The molecule has 2 aromatic heterocycles. The topological polar surface area (TPSA) is 47.1 Å². The fourth-order valence-electron chi connectivity index (χ4n) is 7.67. The van der Waals surface area contributed by atoms with Crippen LogP contribution in [0.15, 0.2) is 156 Å². The molecule has 0 fully saturated rings. The summed E-state index contributed by atoms with van der Waals surface area (Å²) in [6.07, 6.45) is 0. The minimum Gasteiger partial charge on any atom is -0.416 e. The van der Waals surface area contributed by atoms with Crippen LogP contribution in [0.4, 0.5) is 17.1 Å². The molecule has 0 N–H and O–H groups in total. The van der Waals surface area contributed by atoms with Crippen molar-refractivity contribution >= 4 is 71.2 Å². The van der Waals surface area contributed by atoms with Gasteiger partial charge in [0.15, 0.2) is 0 Å². The smallest absolute Gasteiger partial charge is 0.248 e. The molecule has 0 radical (unpaired) electrons. The fourth-order valence-corrected chi connectivity index (χ4v) is 7.67. The monoisotopic (exact) mass is 630 g/mol. The minimum atomic E-state index is 0.493. The molecule has 232 valence electrons. The largest absolute Gasteiger partial charge is 0.416 e. The van der Waals surface area contributed by atoms with E-state index in [0.717, 1.165) is 40.1 Å². The summed E-state index contributed by atoms with van der Waals surface area (Å²) in [7, 11) is 0. The molecule has 0 aliphatic rings. The molecule has 0 bridgehead atoms. The molecule has 49 heavy (non-hydrogen) atoms. The zero-order chi connectivity index (χ0) is 32.5. The normalized spacial score (nSPS) is 11.9. The Bertz CT molecular complexity index is 2800. The molecule has 0 spiro atoms. The average Bonchev–Trinajstić information content (AvgIpc) is 3.78. The first-order valence-corrected chi connectivity index (χ1v) is 16.7. The highest BCUT2D eigenvalue weighted by molar-refractivity contribution is 6.25. The van der Waals surface area contributed by atoms with E-state index in [9.17, 15) is 0 Å². The summed E-state index contributed by atoms with van der Waals surface area (Å²) in [6.45, 7) is 3.12. The van der Waals surface area contributed by atoms with Gasteiger partial charge in [0.05, 0.1) is 0 Å². The van der Waals surface area contributed by atoms with E-state index in [4.69, 9.17) is 4.42 Å². The predicted molar refractivity (Wildman–Crippen MR) is 202 cm³/mol. The minimum absolute atomic E-state index is 0.493. The van der Waals surface area contributed by atoms with Gasteiger partial charge in [-0.15, -0.1) is 10.2 Å². The van der Waals surface area contributed by atoms with Crippen LogP contribution < -0.4 is 4.90 Å². The van der Waals surface area contributed by atoms with Crippen LogP contribution in [0, 0.1) is 0 Å². The van der Waals surface area contributed by atoms with Crippen molar-refractivity contribution in [2.75, 3.05) is 4.90 Å². The third-order valence-corrected chi connectivity index (χ3v) is 9.90. The molecule has 10 rings (SSSR count). The van der Waals surface area contributed by atoms with Crippen LogP contribution >= 0.6 is 0 Å². The van der Waals surface area contributed by atoms with Gasteiger partial charge in [-0.25, -0.2) is 0 Å². The fraction of sp³-hybridized carbons (Fsp3) is 0.0455. The van der Waals surface area contributed by atoms with Crippen LogP contribution in [0.1, 0.15) is 6.92 Å². The maximum atomic E-state index is 6.38. The second-order valence-electron chi connectivity index (χ2n) is 12.6. The van der Waals surface area contributed by atoms with Crippen LogP contribution in [0.5, 0.6) is 0 Å². The van der Waals surface area contributed by atoms with Gasteiger partial charge in [0.2, 0.25) is 11.8 Å². The van der Waals surface area contributed by atoms with Gasteiger partial charge in [0.1, 0.15) is 0 Å². The molecule has 8 aromatic carbocycles. The summed E-state index contributed by atoms with van der Waals surface area (Å²) in [4.78, 5) is 2.30. The Morgan fingerprint density at radius 2 is 1.16 bits per heavy atom. The zero-order valence-corrected chi connectivity index (χ0v) is 26.8. The summed E-state index contributed by atoms with van der Waals surface area (Å²) < 4.78 is 8.77. The Morgan fingerprint density at radius 1 is 0.510 bits per heavy atom. The molecular formula is C44H30N4O. The number of hydrogen-bond donors (Lipinski definition) is 0. The van der Waals surface area contributed by atoms with E-state index in [-0.39, 0.29) is 0 Å². The Balaban J connectivity index is 1.04. The Kier molecular flexibility index (Phi) is 6.09. The Hall–Kier alpha value is -6.46. The molecule has 2 heterocycles. The molecule has 5 nitrogen and oxygen atoms in total. The zero-order valence-electron chi connectivity index (χ0n) is 26.8. The van der Waals surface area contributed by atoms with Crippen LogP contribution in [-0.4, -0.2) is 14.8 Å². The number of hydrogen-bond acceptors (Lipinski definition) is 4. The van der Waals surface area contributed by atoms with Crippen LogP contribution in [0.25, 0.3) is 77.0 Å². The van der Waals surface area contributed by atoms with Gasteiger partial charge in [-0.3, -0.25) is 0 Å². The number of nitrogens with zero attached hydrogens (tertiary/aromatic N) is 4. The number of fused-ring (bicyclic) bond motifs is 3. The van der Waals surface area contributed by atoms with Crippen LogP contribution in [-0.2, 0) is 6.54 Å². The van der Waals surface area contributed by atoms with Gasteiger partial charge < -0.3 is 13.9 Å². The van der Waals surface area contributed by atoms with E-state index in [0.29, 0.717) is 11.8 Å². The lowest BCUT2D eigenvalue weighted by atomic mass is 9.92. The highest BCUT2D eigenvalue weighted by Gasteiger charge is 2.19. The number of benzene rings is 8. The molecular weight excluding hydrogens is 601 g/mol. The molecule has 0 saturated carbocycles. The van der Waals surface area contributed by atoms with E-state index in [1.165, 1.54) is 48.7 Å². The van der Waals surface area contributed by atoms with Crippen molar-refractivity contribution in [2.24, 2.45) is 0 Å². The Labute approximate surface area is 282 Å². The van der Waals surface area contributed by atoms with Crippen molar-refractivity contribution in [1.82, 2.24) is 14.8 Å². The summed E-state index contributed by atoms with van der Waals surface area (Å²) in [5.41, 5.74) is 7.54. The van der Waals surface area contributed by atoms with Crippen molar-refractivity contribution in [3.63, 3.8) is 0 Å². The second kappa shape index (κ2) is 10.8. The first kappa shape index (κ1) is 27.6. The SMILES string of the molecule is CCn1c2ccccc2c2cc(N(c3ccccc3)c3ccc(-c4nnc(-c5ccc6ccc7cccc8ccc5c6c78)o4)cc3)ccc21. The van der Waals surface area contributed by atoms with Gasteiger partial charge in [-0.2, -0.15) is 0 Å². The van der Waals surface area contributed by atoms with Crippen molar-refractivity contribution in [3.05, 3.63) is 152 Å². The van der Waals surface area contributed by atoms with E-state index >= 15 is 0 Å². The average molecular weight is 631 g/mol. The van der Waals surface area contributed by atoms with Crippen molar-refractivity contribution in [1.29, 1.82) is 0 Å². The molecule has 0 saturated heterocycles. The van der Waals surface area contributed by atoms with E-state index in [2.05, 4.69) is 178 Å². The standard InChI is InChI=1S/C44H30N4O/c1-2-47-39-14-7-6-13-35(39)38-27-34(23-26-40(38)47)48(32-11-4-3-5-12-32)33-21-17-31(18-22-33)43-45-46-44(49-43)37-25-20-30-16-15-28-9-8-10-29-19-24-36(37)42(30)41(28)29/h3-27H,2H2,1H3. The molecule has 0 unspecified atom stereocenters. The Morgan fingerprint density at radius 3 is 1.98 bits per heavy atom. The third-order valence-electron chi connectivity index (χ3n) is 9.90. The van der Waals surface area contributed by atoms with Crippen LogP contribution in [0.3, 0.4) is 0 Å². The molecule has 5 heteroatoms. The second-order valence-corrected chi connectivity index (χ2v) is 12.6. The quantitative estimate of drug-likeness (QED) is 0.172. The maximum Gasteiger partial charge on any atom is 0.248 e.